The van der Waals surface area contributed by atoms with Gasteiger partial charge in [-0.25, -0.2) is 0 Å². The van der Waals surface area contributed by atoms with E-state index in [2.05, 4.69) is 42.8 Å². The van der Waals surface area contributed by atoms with Gasteiger partial charge in [-0.3, -0.25) is 9.80 Å². The zero-order valence-corrected chi connectivity index (χ0v) is 14.1. The Morgan fingerprint density at radius 1 is 1.25 bits per heavy atom. The number of nitrogens with zero attached hydrogens (tertiary/aromatic N) is 2. The normalized spacial score (nSPS) is 27.8. The van der Waals surface area contributed by atoms with E-state index in [1.165, 1.54) is 58.4 Å². The summed E-state index contributed by atoms with van der Waals surface area (Å²) < 4.78 is 0. The molecule has 0 spiro atoms. The van der Waals surface area contributed by atoms with Crippen molar-refractivity contribution in [2.24, 2.45) is 5.41 Å². The molecule has 0 aliphatic carbocycles. The molecule has 0 saturated carbocycles. The average molecular weight is 281 g/mol. The highest BCUT2D eigenvalue weighted by molar-refractivity contribution is 4.90. The van der Waals surface area contributed by atoms with E-state index >= 15 is 0 Å². The van der Waals surface area contributed by atoms with Gasteiger partial charge in [-0.15, -0.1) is 0 Å². The summed E-state index contributed by atoms with van der Waals surface area (Å²) in [5, 5.41) is 3.67. The van der Waals surface area contributed by atoms with Crippen molar-refractivity contribution in [3.8, 4) is 0 Å². The first-order valence-corrected chi connectivity index (χ1v) is 8.72. The van der Waals surface area contributed by atoms with Gasteiger partial charge in [0.15, 0.2) is 0 Å². The fourth-order valence-corrected chi connectivity index (χ4v) is 4.02. The van der Waals surface area contributed by atoms with Crippen LogP contribution >= 0.6 is 0 Å². The van der Waals surface area contributed by atoms with Crippen molar-refractivity contribution in [2.45, 2.75) is 65.5 Å². The molecule has 2 saturated heterocycles. The van der Waals surface area contributed by atoms with Crippen LogP contribution in [0.1, 0.15) is 53.4 Å². The van der Waals surface area contributed by atoms with E-state index in [0.717, 1.165) is 12.6 Å². The van der Waals surface area contributed by atoms with Gasteiger partial charge in [0.2, 0.25) is 0 Å². The second-order valence-electron chi connectivity index (χ2n) is 7.66. The molecule has 2 rings (SSSR count). The van der Waals surface area contributed by atoms with Crippen molar-refractivity contribution in [2.75, 3.05) is 39.3 Å². The summed E-state index contributed by atoms with van der Waals surface area (Å²) in [4.78, 5) is 5.45. The minimum absolute atomic E-state index is 0.430. The van der Waals surface area contributed by atoms with Gasteiger partial charge in [-0.1, -0.05) is 34.1 Å². The molecule has 0 aromatic heterocycles. The SMILES string of the molecule is CCCC(C)(CNC(C)C)CN1CCN2CCCC2C1. The molecular formula is C17H35N3. The molecule has 3 nitrogen and oxygen atoms in total. The molecular weight excluding hydrogens is 246 g/mol. The van der Waals surface area contributed by atoms with Crippen LogP contribution in [0.2, 0.25) is 0 Å². The van der Waals surface area contributed by atoms with E-state index in [1.54, 1.807) is 0 Å². The third-order valence-corrected chi connectivity index (χ3v) is 5.07. The lowest BCUT2D eigenvalue weighted by Crippen LogP contribution is -2.54. The van der Waals surface area contributed by atoms with Crippen molar-refractivity contribution in [3.63, 3.8) is 0 Å². The fourth-order valence-electron chi connectivity index (χ4n) is 4.02. The van der Waals surface area contributed by atoms with Crippen molar-refractivity contribution < 1.29 is 0 Å². The van der Waals surface area contributed by atoms with E-state index in [9.17, 15) is 0 Å². The van der Waals surface area contributed by atoms with Crippen molar-refractivity contribution >= 4 is 0 Å². The van der Waals surface area contributed by atoms with Crippen LogP contribution < -0.4 is 5.32 Å². The van der Waals surface area contributed by atoms with Gasteiger partial charge in [0, 0.05) is 44.8 Å². The average Bonchev–Trinajstić information content (AvgIpc) is 2.84. The predicted molar refractivity (Wildman–Crippen MR) is 87.2 cm³/mol. The Kier molecular flexibility index (Phi) is 5.88. The molecule has 3 heteroatoms. The zero-order chi connectivity index (χ0) is 14.6. The number of piperazine rings is 1. The molecule has 2 aliphatic rings. The van der Waals surface area contributed by atoms with Gasteiger partial charge >= 0.3 is 0 Å². The van der Waals surface area contributed by atoms with E-state index < -0.39 is 0 Å². The van der Waals surface area contributed by atoms with Gasteiger partial charge < -0.3 is 5.32 Å². The first-order valence-electron chi connectivity index (χ1n) is 8.72. The molecule has 2 heterocycles. The largest absolute Gasteiger partial charge is 0.314 e. The first-order chi connectivity index (χ1) is 9.52. The maximum Gasteiger partial charge on any atom is 0.0224 e. The van der Waals surface area contributed by atoms with Crippen LogP contribution in [-0.2, 0) is 0 Å². The standard InChI is InChI=1S/C17H35N3/c1-5-8-17(4,13-18-15(2)3)14-19-10-11-20-9-6-7-16(20)12-19/h15-16,18H,5-14H2,1-4H3. The smallest absolute Gasteiger partial charge is 0.0224 e. The molecule has 118 valence electrons. The molecule has 0 aromatic rings. The summed E-state index contributed by atoms with van der Waals surface area (Å²) in [6, 6.07) is 1.45. The topological polar surface area (TPSA) is 18.5 Å². The summed E-state index contributed by atoms with van der Waals surface area (Å²) in [7, 11) is 0. The Morgan fingerprint density at radius 2 is 2.05 bits per heavy atom. The Balaban J connectivity index is 1.86. The van der Waals surface area contributed by atoms with Crippen molar-refractivity contribution in [1.29, 1.82) is 0 Å². The van der Waals surface area contributed by atoms with Crippen molar-refractivity contribution in [1.82, 2.24) is 15.1 Å². The molecule has 2 unspecified atom stereocenters. The lowest BCUT2D eigenvalue weighted by Gasteiger charge is -2.42. The Labute approximate surface area is 126 Å². The van der Waals surface area contributed by atoms with Gasteiger partial charge in [0.1, 0.15) is 0 Å². The number of fused-ring (bicyclic) bond motifs is 1. The third kappa shape index (κ3) is 4.44. The lowest BCUT2D eigenvalue weighted by atomic mass is 9.84. The van der Waals surface area contributed by atoms with Crippen LogP contribution in [0.25, 0.3) is 0 Å². The number of hydrogen-bond donors (Lipinski definition) is 1. The minimum atomic E-state index is 0.430. The molecule has 20 heavy (non-hydrogen) atoms. The quantitative estimate of drug-likeness (QED) is 0.774. The number of rotatable bonds is 7. The summed E-state index contributed by atoms with van der Waals surface area (Å²) in [5.41, 5.74) is 0.430. The predicted octanol–water partition coefficient (Wildman–Crippen LogP) is 2.57. The van der Waals surface area contributed by atoms with E-state index in [0.29, 0.717) is 11.5 Å². The van der Waals surface area contributed by atoms with E-state index in [-0.39, 0.29) is 0 Å². The molecule has 0 bridgehead atoms. The van der Waals surface area contributed by atoms with Crippen LogP contribution in [0.15, 0.2) is 0 Å². The van der Waals surface area contributed by atoms with Crippen molar-refractivity contribution in [3.05, 3.63) is 0 Å². The second kappa shape index (κ2) is 7.24. The molecule has 2 atom stereocenters. The van der Waals surface area contributed by atoms with Gasteiger partial charge in [0.25, 0.3) is 0 Å². The number of nitrogens with one attached hydrogen (secondary N) is 1. The van der Waals surface area contributed by atoms with Crippen LogP contribution in [0.5, 0.6) is 0 Å². The van der Waals surface area contributed by atoms with E-state index in [1.807, 2.05) is 0 Å². The van der Waals surface area contributed by atoms with Crippen LogP contribution in [0, 0.1) is 5.41 Å². The highest BCUT2D eigenvalue weighted by Crippen LogP contribution is 2.27. The maximum atomic E-state index is 3.67. The fraction of sp³-hybridized carbons (Fsp3) is 1.00. The Morgan fingerprint density at radius 3 is 2.75 bits per heavy atom. The third-order valence-electron chi connectivity index (χ3n) is 5.07. The molecule has 0 amide bonds. The summed E-state index contributed by atoms with van der Waals surface area (Å²) in [6.07, 6.45) is 5.46. The highest BCUT2D eigenvalue weighted by Gasteiger charge is 2.34. The van der Waals surface area contributed by atoms with E-state index in [4.69, 9.17) is 0 Å². The Hall–Kier alpha value is -0.120. The summed E-state index contributed by atoms with van der Waals surface area (Å²) in [6.45, 7) is 17.0. The molecule has 0 aromatic carbocycles. The zero-order valence-electron chi connectivity index (χ0n) is 14.1. The molecule has 0 radical (unpaired) electrons. The highest BCUT2D eigenvalue weighted by atomic mass is 15.3. The van der Waals surface area contributed by atoms with Crippen LogP contribution in [0.3, 0.4) is 0 Å². The minimum Gasteiger partial charge on any atom is -0.314 e. The Bertz CT molecular complexity index is 292. The number of hydrogen-bond acceptors (Lipinski definition) is 3. The second-order valence-corrected chi connectivity index (χ2v) is 7.66. The van der Waals surface area contributed by atoms with Gasteiger partial charge in [-0.05, 0) is 31.2 Å². The maximum absolute atomic E-state index is 3.67. The monoisotopic (exact) mass is 281 g/mol. The molecule has 2 aliphatic heterocycles. The molecule has 1 N–H and O–H groups in total. The summed E-state index contributed by atoms with van der Waals surface area (Å²) >= 11 is 0. The first kappa shape index (κ1) is 16.3. The summed E-state index contributed by atoms with van der Waals surface area (Å²) in [5.74, 6) is 0. The molecule has 2 fully saturated rings. The van der Waals surface area contributed by atoms with Crippen LogP contribution in [0.4, 0.5) is 0 Å². The lowest BCUT2D eigenvalue weighted by molar-refractivity contribution is 0.0650. The van der Waals surface area contributed by atoms with Crippen LogP contribution in [-0.4, -0.2) is 61.2 Å². The van der Waals surface area contributed by atoms with Gasteiger partial charge in [-0.2, -0.15) is 0 Å². The van der Waals surface area contributed by atoms with Gasteiger partial charge in [0.05, 0.1) is 0 Å².